The van der Waals surface area contributed by atoms with Crippen LogP contribution in [0.2, 0.25) is 0 Å². The van der Waals surface area contributed by atoms with Gasteiger partial charge in [0.1, 0.15) is 72.5 Å². The predicted molar refractivity (Wildman–Crippen MR) is 489 cm³/mol. The largest absolute Gasteiger partial charge is 0.394 e. The second-order valence-electron chi connectivity index (χ2n) is 33.7. The minimum absolute atomic E-state index is 0.0177. The summed E-state index contributed by atoms with van der Waals surface area (Å²) in [4.78, 5) is 253. The molecule has 712 valence electrons. The molecule has 2 aliphatic rings. The Morgan fingerprint density at radius 2 is 1.09 bits per heavy atom. The number of hydrogen-bond acceptors (Lipinski definition) is 21. The molecular weight excluding hydrogens is 1710 g/mol. The molecule has 0 bridgehead atoms. The third-order valence-electron chi connectivity index (χ3n) is 23.1. The maximum Gasteiger partial charge on any atom is 0.246 e. The number of nitrogens with zero attached hydrogens (tertiary/aromatic N) is 6. The fourth-order valence-corrected chi connectivity index (χ4v) is 16.8. The third kappa shape index (κ3) is 30.6. The fourth-order valence-electron chi connectivity index (χ4n) is 15.9. The van der Waals surface area contributed by atoms with Crippen LogP contribution in [0.3, 0.4) is 0 Å². The maximum absolute atomic E-state index is 15.7. The summed E-state index contributed by atoms with van der Waals surface area (Å²) in [6, 6.07) is 4.31. The van der Waals surface area contributed by atoms with E-state index >= 15 is 24.0 Å². The summed E-state index contributed by atoms with van der Waals surface area (Å²) in [5.74, 6) is -14.7. The molecule has 3 aromatic heterocycles. The molecule has 42 heteroatoms. The number of aromatic nitrogens is 4. The Morgan fingerprint density at radius 3 is 1.69 bits per heavy atom. The minimum atomic E-state index is -1.83. The molecule has 2 aliphatic heterocycles. The summed E-state index contributed by atoms with van der Waals surface area (Å²) in [6.45, 7) is 6.38. The number of nitrogens with one attached hydrogen (secondary N) is 15. The highest BCUT2D eigenvalue weighted by Gasteiger charge is 2.44. The standard InChI is InChI=1S/C89H128N24O17S/c1-10-12-30-70-82(124)103-62(29-21-33-96-89(92)93)78(120)100-57(44-94-45-74(91)116)48-131-49-76(118)102-66(36-53-23-15-14-16-24-53)85(127)110(7)52(5)77(119)105-68(40-73(90)115)87(129)113-34-22-32-71(113)83(125)104-64(39-56-43-95-50-99-56)80(122)106-65(35-51(3)4)84(126)109(6)46-75(117)101-63(37-54-41-97-60-27-19-17-25-58(54)60)79(121)108-69(47-114)81(123)107-67(38-55-42-98-61-28-20-18-26-59(55)61)86(128)112(9)72(31-13-11-2)88(130)111(70)8/h14-20,23-28,41-43,50-52,57,62-72,94,97-98,114H,10-13,21-22,29-40,44-49H2,1-9H3,(H2,90,115)(H2,91,116)(H,95,99)(H,100,120)(H,101,117)(H,102,118)(H,103,124)(H,104,125)(H,105,119)(H,106,122)(H,107,123)(H,108,121)(H4,92,93,96)/t52-,57+,62-,63-,64-,65-,66-,67-,68-,69-,70-,71-,72-/m0/s1. The van der Waals surface area contributed by atoms with Crippen LogP contribution in [0.5, 0.6) is 0 Å². The quantitative estimate of drug-likeness (QED) is 0.0156. The van der Waals surface area contributed by atoms with Gasteiger partial charge in [-0.1, -0.05) is 120 Å². The van der Waals surface area contributed by atoms with Crippen LogP contribution in [-0.4, -0.2) is 308 Å². The third-order valence-corrected chi connectivity index (χ3v) is 24.2. The Labute approximate surface area is 764 Å². The number of carbonyl (C=O) groups is 16. The van der Waals surface area contributed by atoms with Crippen molar-refractivity contribution in [3.8, 4) is 0 Å². The van der Waals surface area contributed by atoms with E-state index in [4.69, 9.17) is 22.6 Å². The number of thioether (sulfide) groups is 1. The lowest BCUT2D eigenvalue weighted by molar-refractivity contribution is -0.149. The summed E-state index contributed by atoms with van der Waals surface area (Å²) in [6.07, 6.45) is 6.69. The number of H-pyrrole nitrogens is 3. The fraction of sp³-hybridized carbons (Fsp3) is 0.528. The van der Waals surface area contributed by atoms with Crippen LogP contribution in [-0.2, 0) is 102 Å². The van der Waals surface area contributed by atoms with E-state index in [1.54, 1.807) is 105 Å². The zero-order valence-corrected chi connectivity index (χ0v) is 76.5. The van der Waals surface area contributed by atoms with Crippen molar-refractivity contribution in [3.05, 3.63) is 126 Å². The number of imidazole rings is 1. The van der Waals surface area contributed by atoms with Crippen molar-refractivity contribution in [3.63, 3.8) is 0 Å². The number of benzene rings is 3. The number of aliphatic hydroxyl groups is 1. The molecule has 13 atom stereocenters. The number of primary amides is 2. The number of guanidine groups is 1. The highest BCUT2D eigenvalue weighted by Crippen LogP contribution is 2.26. The number of para-hydroxylation sites is 2. The van der Waals surface area contributed by atoms with Crippen LogP contribution in [0.1, 0.15) is 134 Å². The van der Waals surface area contributed by atoms with Gasteiger partial charge in [0, 0.05) is 120 Å². The minimum Gasteiger partial charge on any atom is -0.394 e. The molecule has 41 nitrogen and oxygen atoms in total. The summed E-state index contributed by atoms with van der Waals surface area (Å²) in [5.41, 5.74) is 20.2. The lowest BCUT2D eigenvalue weighted by atomic mass is 10.00. The number of fused-ring (bicyclic) bond motifs is 3. The Hall–Kier alpha value is -13.0. The van der Waals surface area contributed by atoms with Crippen LogP contribution in [0.15, 0.2) is 104 Å². The van der Waals surface area contributed by atoms with Crippen LogP contribution < -0.4 is 75.7 Å². The van der Waals surface area contributed by atoms with Gasteiger partial charge in [-0.15, -0.1) is 11.8 Å². The molecule has 0 saturated carbocycles. The first-order valence-corrected chi connectivity index (χ1v) is 45.4. The van der Waals surface area contributed by atoms with Gasteiger partial charge in [0.25, 0.3) is 0 Å². The first kappa shape index (κ1) is 103. The van der Waals surface area contributed by atoms with Gasteiger partial charge in [-0.3, -0.25) is 82.1 Å². The molecule has 0 radical (unpaired) electrons. The summed E-state index contributed by atoms with van der Waals surface area (Å²) in [7, 11) is 5.36. The average Bonchev–Trinajstić information content (AvgIpc) is 1.65. The molecule has 2 fully saturated rings. The van der Waals surface area contributed by atoms with E-state index in [2.05, 4.69) is 78.4 Å². The molecule has 8 rings (SSSR count). The molecule has 0 spiro atoms. The molecule has 6 aromatic rings. The predicted octanol–water partition coefficient (Wildman–Crippen LogP) is -1.66. The van der Waals surface area contributed by atoms with Crippen molar-refractivity contribution >= 4 is 134 Å². The zero-order valence-electron chi connectivity index (χ0n) is 75.7. The van der Waals surface area contributed by atoms with E-state index in [1.165, 1.54) is 57.4 Å². The molecule has 5 heterocycles. The SMILES string of the molecule is CCCC[C@H]1C(=O)N(C)[C@@H](CCCC)C(=O)N[C@@H](CCCNC(=N)N)C(=O)N[C@H](CNCC(N)=O)CSCC(=O)N[C@@H](Cc2ccccc2)C(=O)N(C)[C@@H](C)C(=O)N[C@@H](CC(N)=O)C(=O)N2CCC[C@H]2C(=O)N[C@@H](Cc2c[nH]cn2)C(=O)N[C@@H](CC(C)C)C(=O)N(C)CC(=O)N[C@@H](Cc2c[nH]c3ccccc23)C(=O)N[C@@H](CO)C(=O)N[C@@H](Cc2c[nH]c3ccccc23)C(=O)N1C. The number of aliphatic hydroxyl groups excluding tert-OH is 1. The number of rotatable bonds is 27. The van der Waals surface area contributed by atoms with Gasteiger partial charge in [-0.25, -0.2) is 4.98 Å². The van der Waals surface area contributed by atoms with Crippen molar-refractivity contribution in [2.45, 2.75) is 216 Å². The first-order valence-electron chi connectivity index (χ1n) is 44.2. The van der Waals surface area contributed by atoms with Crippen LogP contribution in [0.25, 0.3) is 21.8 Å². The number of carbonyl (C=O) groups excluding carboxylic acids is 16. The van der Waals surface area contributed by atoms with Gasteiger partial charge in [-0.2, -0.15) is 0 Å². The second-order valence-corrected chi connectivity index (χ2v) is 34.7. The number of nitrogens with two attached hydrogens (primary N) is 3. The molecular formula is C89H128N24O17S. The van der Waals surface area contributed by atoms with E-state index in [0.717, 1.165) is 26.5 Å². The van der Waals surface area contributed by atoms with E-state index in [0.29, 0.717) is 64.2 Å². The number of unbranched alkanes of at least 4 members (excludes halogenated alkanes) is 2. The lowest BCUT2D eigenvalue weighted by Gasteiger charge is -2.36. The van der Waals surface area contributed by atoms with Gasteiger partial charge in [0.15, 0.2) is 5.96 Å². The molecule has 2 saturated heterocycles. The van der Waals surface area contributed by atoms with Gasteiger partial charge < -0.3 is 120 Å². The Bertz CT molecular complexity index is 4950. The Kier molecular flexibility index (Phi) is 40.1. The average molecular weight is 1840 g/mol. The number of amides is 16. The van der Waals surface area contributed by atoms with Crippen LogP contribution in [0, 0.1) is 11.3 Å². The zero-order chi connectivity index (χ0) is 95.7. The maximum atomic E-state index is 15.7. The van der Waals surface area contributed by atoms with Crippen molar-refractivity contribution in [2.24, 2.45) is 23.1 Å². The Morgan fingerprint density at radius 1 is 0.550 bits per heavy atom. The summed E-state index contributed by atoms with van der Waals surface area (Å²) in [5, 5.41) is 50.6. The van der Waals surface area contributed by atoms with E-state index < -0.39 is 193 Å². The molecule has 16 amide bonds. The van der Waals surface area contributed by atoms with Gasteiger partial charge in [0.2, 0.25) is 94.5 Å². The summed E-state index contributed by atoms with van der Waals surface area (Å²) < 4.78 is 0. The van der Waals surface area contributed by atoms with Crippen molar-refractivity contribution in [1.29, 1.82) is 5.41 Å². The number of aromatic amines is 3. The molecule has 3 aromatic carbocycles. The summed E-state index contributed by atoms with van der Waals surface area (Å²) >= 11 is 1.01. The number of hydrogen-bond donors (Lipinski definition) is 19. The topological polar surface area (TPSA) is 604 Å². The highest BCUT2D eigenvalue weighted by atomic mass is 32.2. The monoisotopic (exact) mass is 1840 g/mol. The molecule has 0 aliphatic carbocycles. The van der Waals surface area contributed by atoms with Gasteiger partial charge >= 0.3 is 0 Å². The molecule has 22 N–H and O–H groups in total. The van der Waals surface area contributed by atoms with Gasteiger partial charge in [-0.05, 0) is 86.6 Å². The van der Waals surface area contributed by atoms with E-state index in [-0.39, 0.29) is 126 Å². The van der Waals surface area contributed by atoms with Crippen molar-refractivity contribution in [2.75, 3.05) is 79.0 Å². The van der Waals surface area contributed by atoms with Gasteiger partial charge in [0.05, 0.1) is 49.9 Å². The smallest absolute Gasteiger partial charge is 0.246 e. The highest BCUT2D eigenvalue weighted by molar-refractivity contribution is 8.00. The van der Waals surface area contributed by atoms with Crippen molar-refractivity contribution < 1.29 is 81.8 Å². The van der Waals surface area contributed by atoms with E-state index in [9.17, 15) is 57.8 Å². The molecule has 0 unspecified atom stereocenters. The second kappa shape index (κ2) is 50.8. The molecule has 131 heavy (non-hydrogen) atoms. The van der Waals surface area contributed by atoms with E-state index in [1.807, 2.05) is 13.8 Å². The first-order chi connectivity index (χ1) is 62.5. The van der Waals surface area contributed by atoms with Crippen LogP contribution in [0.4, 0.5) is 0 Å². The van der Waals surface area contributed by atoms with Crippen molar-refractivity contribution in [1.82, 2.24) is 103 Å². The normalized spacial score (nSPS) is 23.7. The number of likely N-dealkylation sites (N-methyl/N-ethyl adjacent to an activating group) is 4. The Balaban J connectivity index is 1.17. The van der Waals surface area contributed by atoms with Crippen LogP contribution >= 0.6 is 11.8 Å². The lowest BCUT2D eigenvalue weighted by Crippen LogP contribution is -2.61.